The van der Waals surface area contributed by atoms with Crippen molar-refractivity contribution in [1.29, 1.82) is 0 Å². The number of benzene rings is 1. The number of aromatic nitrogens is 2. The fraction of sp³-hybridized carbons (Fsp3) is 0.280. The third-order valence-electron chi connectivity index (χ3n) is 5.75. The van der Waals surface area contributed by atoms with Gasteiger partial charge in [0.1, 0.15) is 5.75 Å². The van der Waals surface area contributed by atoms with Crippen molar-refractivity contribution in [2.24, 2.45) is 0 Å². The van der Waals surface area contributed by atoms with Gasteiger partial charge in [0.15, 0.2) is 0 Å². The summed E-state index contributed by atoms with van der Waals surface area (Å²) >= 11 is 0. The van der Waals surface area contributed by atoms with Crippen LogP contribution in [0.15, 0.2) is 60.9 Å². The first-order valence-corrected chi connectivity index (χ1v) is 11.2. The second-order valence-corrected chi connectivity index (χ2v) is 8.33. The first-order chi connectivity index (χ1) is 17.2. The Balaban J connectivity index is 1.24. The van der Waals surface area contributed by atoms with Crippen molar-refractivity contribution in [1.82, 2.24) is 19.8 Å². The van der Waals surface area contributed by atoms with E-state index in [-0.39, 0.29) is 5.56 Å². The Morgan fingerprint density at radius 3 is 2.11 bits per heavy atom. The van der Waals surface area contributed by atoms with E-state index in [1.165, 1.54) is 18.3 Å². The predicted octanol–water partition coefficient (Wildman–Crippen LogP) is 4.10. The highest BCUT2D eigenvalue weighted by molar-refractivity contribution is 5.87. The molecule has 3 aromatic rings. The van der Waals surface area contributed by atoms with Crippen molar-refractivity contribution in [2.75, 3.05) is 26.2 Å². The number of rotatable bonds is 6. The van der Waals surface area contributed by atoms with Gasteiger partial charge in [0.2, 0.25) is 0 Å². The third-order valence-corrected chi connectivity index (χ3v) is 5.75. The van der Waals surface area contributed by atoms with Crippen molar-refractivity contribution < 1.29 is 32.6 Å². The molecule has 1 aromatic carbocycles. The Morgan fingerprint density at radius 2 is 1.56 bits per heavy atom. The van der Waals surface area contributed by atoms with Gasteiger partial charge >= 0.3 is 18.2 Å². The number of piperazine rings is 1. The van der Waals surface area contributed by atoms with Crippen LogP contribution in [0.5, 0.6) is 5.75 Å². The number of hydrogen-bond donors (Lipinski definition) is 1. The highest BCUT2D eigenvalue weighted by Gasteiger charge is 2.30. The van der Waals surface area contributed by atoms with Crippen molar-refractivity contribution in [3.63, 3.8) is 0 Å². The second-order valence-electron chi connectivity index (χ2n) is 8.33. The summed E-state index contributed by atoms with van der Waals surface area (Å²) in [6, 6.07) is 12.3. The first kappa shape index (κ1) is 25.1. The number of pyridine rings is 2. The number of halogens is 3. The third kappa shape index (κ3) is 6.57. The summed E-state index contributed by atoms with van der Waals surface area (Å²) in [6.07, 6.45) is -2.39. The SMILES string of the molecule is O=C(O)c1ccc(CN2CCN(C(=O)Oc3ccc(Cc4ccc(C(F)(F)F)cn4)cc3)CC2)nc1. The highest BCUT2D eigenvalue weighted by atomic mass is 19.4. The van der Waals surface area contributed by atoms with Gasteiger partial charge < -0.3 is 14.7 Å². The molecule has 1 fully saturated rings. The first-order valence-electron chi connectivity index (χ1n) is 11.2. The molecule has 0 aliphatic carbocycles. The van der Waals surface area contributed by atoms with Crippen LogP contribution < -0.4 is 4.74 Å². The summed E-state index contributed by atoms with van der Waals surface area (Å²) in [5.74, 6) is -0.652. The maximum absolute atomic E-state index is 12.7. The molecular weight excluding hydrogens is 477 g/mol. The largest absolute Gasteiger partial charge is 0.478 e. The van der Waals surface area contributed by atoms with E-state index in [2.05, 4.69) is 14.9 Å². The number of carboxylic acid groups (broad SMARTS) is 1. The Hall–Kier alpha value is -3.99. The number of ether oxygens (including phenoxy) is 1. The molecule has 1 amide bonds. The van der Waals surface area contributed by atoms with Gasteiger partial charge in [-0.15, -0.1) is 0 Å². The van der Waals surface area contributed by atoms with Crippen LogP contribution in [0.3, 0.4) is 0 Å². The lowest BCUT2D eigenvalue weighted by atomic mass is 10.1. The zero-order valence-corrected chi connectivity index (χ0v) is 19.1. The maximum atomic E-state index is 12.7. The lowest BCUT2D eigenvalue weighted by molar-refractivity contribution is -0.137. The maximum Gasteiger partial charge on any atom is 0.417 e. The van der Waals surface area contributed by atoms with E-state index >= 15 is 0 Å². The molecule has 3 heterocycles. The molecule has 1 N–H and O–H groups in total. The van der Waals surface area contributed by atoms with E-state index in [0.717, 1.165) is 23.5 Å². The standard InChI is InChI=1S/C25H23F3N4O4/c26-25(27,28)19-4-6-20(30-15-19)13-17-1-7-22(8-2-17)36-24(35)32-11-9-31(10-12-32)16-21-5-3-18(14-29-21)23(33)34/h1-8,14-15H,9-13,16H2,(H,33,34). The fourth-order valence-corrected chi connectivity index (χ4v) is 3.71. The Labute approximate surface area is 205 Å². The van der Waals surface area contributed by atoms with Gasteiger partial charge in [0, 0.05) is 57.2 Å². The number of alkyl halides is 3. The molecule has 0 bridgehead atoms. The monoisotopic (exact) mass is 500 g/mol. The minimum Gasteiger partial charge on any atom is -0.478 e. The zero-order chi connectivity index (χ0) is 25.7. The summed E-state index contributed by atoms with van der Waals surface area (Å²) in [4.78, 5) is 35.2. The molecule has 11 heteroatoms. The molecule has 1 aliphatic heterocycles. The van der Waals surface area contributed by atoms with Crippen LogP contribution in [0.4, 0.5) is 18.0 Å². The predicted molar refractivity (Wildman–Crippen MR) is 123 cm³/mol. The van der Waals surface area contributed by atoms with Crippen LogP contribution in [0, 0.1) is 0 Å². The summed E-state index contributed by atoms with van der Waals surface area (Å²) in [5.41, 5.74) is 1.41. The number of hydrogen-bond acceptors (Lipinski definition) is 6. The molecule has 1 saturated heterocycles. The van der Waals surface area contributed by atoms with E-state index in [9.17, 15) is 22.8 Å². The molecule has 0 atom stereocenters. The van der Waals surface area contributed by atoms with Crippen LogP contribution in [-0.2, 0) is 19.1 Å². The van der Waals surface area contributed by atoms with Gasteiger partial charge in [-0.25, -0.2) is 9.59 Å². The topological polar surface area (TPSA) is 95.9 Å². The number of carbonyl (C=O) groups excluding carboxylic acids is 1. The van der Waals surface area contributed by atoms with E-state index < -0.39 is 23.8 Å². The molecule has 0 saturated carbocycles. The number of nitrogens with zero attached hydrogens (tertiary/aromatic N) is 4. The van der Waals surface area contributed by atoms with Crippen molar-refractivity contribution in [3.05, 3.63) is 89.0 Å². The zero-order valence-electron chi connectivity index (χ0n) is 19.1. The molecule has 36 heavy (non-hydrogen) atoms. The van der Waals surface area contributed by atoms with Gasteiger partial charge in [-0.2, -0.15) is 13.2 Å². The Bertz CT molecular complexity index is 1190. The van der Waals surface area contributed by atoms with Gasteiger partial charge in [0.25, 0.3) is 0 Å². The molecule has 4 rings (SSSR count). The summed E-state index contributed by atoms with van der Waals surface area (Å²) in [6.45, 7) is 2.75. The van der Waals surface area contributed by atoms with Crippen LogP contribution >= 0.6 is 0 Å². The number of carbonyl (C=O) groups is 2. The summed E-state index contributed by atoms with van der Waals surface area (Å²) in [5, 5.41) is 8.95. The Kier molecular flexibility index (Phi) is 7.49. The second kappa shape index (κ2) is 10.7. The van der Waals surface area contributed by atoms with Gasteiger partial charge in [0.05, 0.1) is 16.8 Å². The highest BCUT2D eigenvalue weighted by Crippen LogP contribution is 2.28. The summed E-state index contributed by atoms with van der Waals surface area (Å²) < 4.78 is 43.5. The van der Waals surface area contributed by atoms with Gasteiger partial charge in [-0.3, -0.25) is 14.9 Å². The van der Waals surface area contributed by atoms with E-state index in [1.54, 1.807) is 35.2 Å². The molecule has 8 nitrogen and oxygen atoms in total. The van der Waals surface area contributed by atoms with Crippen LogP contribution in [0.1, 0.15) is 32.9 Å². The average Bonchev–Trinajstić information content (AvgIpc) is 2.86. The lowest BCUT2D eigenvalue weighted by Gasteiger charge is -2.33. The van der Waals surface area contributed by atoms with Crippen molar-refractivity contribution >= 4 is 12.1 Å². The number of carboxylic acids is 1. The van der Waals surface area contributed by atoms with Crippen molar-refractivity contribution in [3.8, 4) is 5.75 Å². The fourth-order valence-electron chi connectivity index (χ4n) is 3.71. The van der Waals surface area contributed by atoms with Crippen molar-refractivity contribution in [2.45, 2.75) is 19.1 Å². The number of amides is 1. The van der Waals surface area contributed by atoms with E-state index in [1.807, 2.05) is 0 Å². The molecule has 2 aromatic heterocycles. The van der Waals surface area contributed by atoms with E-state index in [0.29, 0.717) is 50.6 Å². The molecule has 0 spiro atoms. The normalized spacial score (nSPS) is 14.5. The van der Waals surface area contributed by atoms with Crippen LogP contribution in [-0.4, -0.2) is 63.1 Å². The lowest BCUT2D eigenvalue weighted by Crippen LogP contribution is -2.49. The molecule has 188 valence electrons. The number of aromatic carboxylic acids is 1. The minimum atomic E-state index is -4.42. The van der Waals surface area contributed by atoms with Gasteiger partial charge in [-0.1, -0.05) is 12.1 Å². The smallest absolute Gasteiger partial charge is 0.417 e. The van der Waals surface area contributed by atoms with Gasteiger partial charge in [-0.05, 0) is 42.0 Å². The quantitative estimate of drug-likeness (QED) is 0.545. The Morgan fingerprint density at radius 1 is 0.889 bits per heavy atom. The molecular formula is C25H23F3N4O4. The molecule has 0 radical (unpaired) electrons. The van der Waals surface area contributed by atoms with Crippen LogP contribution in [0.25, 0.3) is 0 Å². The van der Waals surface area contributed by atoms with E-state index in [4.69, 9.17) is 9.84 Å². The minimum absolute atomic E-state index is 0.135. The van der Waals surface area contributed by atoms with Crippen LogP contribution in [0.2, 0.25) is 0 Å². The molecule has 1 aliphatic rings. The summed E-state index contributed by atoms with van der Waals surface area (Å²) in [7, 11) is 0. The average molecular weight is 500 g/mol. The molecule has 0 unspecified atom stereocenters.